The summed E-state index contributed by atoms with van der Waals surface area (Å²) in [7, 11) is 0. The maximum absolute atomic E-state index is 13.2. The Kier molecular flexibility index (Phi) is 3.54. The Morgan fingerprint density at radius 3 is 2.20 bits per heavy atom. The van der Waals surface area contributed by atoms with Crippen LogP contribution in [-0.2, 0) is 0 Å². The molecule has 0 atom stereocenters. The van der Waals surface area contributed by atoms with E-state index in [2.05, 4.69) is 4.98 Å². The number of nitrogens with zero attached hydrogens (tertiary/aromatic N) is 3. The van der Waals surface area contributed by atoms with Crippen molar-refractivity contribution < 1.29 is 0 Å². The zero-order valence-electron chi connectivity index (χ0n) is 13.6. The molecule has 0 saturated carbocycles. The lowest BCUT2D eigenvalue weighted by Crippen LogP contribution is -2.38. The third kappa shape index (κ3) is 2.46. The molecule has 2 heterocycles. The van der Waals surface area contributed by atoms with Crippen molar-refractivity contribution in [2.75, 3.05) is 0 Å². The van der Waals surface area contributed by atoms with Gasteiger partial charge in [0.2, 0.25) is 0 Å². The molecule has 0 N–H and O–H groups in total. The van der Waals surface area contributed by atoms with Gasteiger partial charge in [0, 0.05) is 5.69 Å². The molecular formula is C20H15N3O2. The molecule has 0 aliphatic heterocycles. The molecule has 122 valence electrons. The quantitative estimate of drug-likeness (QED) is 0.568. The molecule has 0 bridgehead atoms. The van der Waals surface area contributed by atoms with Gasteiger partial charge in [0.1, 0.15) is 0 Å². The van der Waals surface area contributed by atoms with Gasteiger partial charge in [-0.2, -0.15) is 0 Å². The monoisotopic (exact) mass is 329 g/mol. The minimum Gasteiger partial charge on any atom is -0.268 e. The van der Waals surface area contributed by atoms with Gasteiger partial charge >= 0.3 is 5.69 Å². The molecule has 0 amide bonds. The number of para-hydroxylation sites is 2. The number of hydrogen-bond donors (Lipinski definition) is 0. The molecule has 0 radical (unpaired) electrons. The van der Waals surface area contributed by atoms with Gasteiger partial charge in [-0.05, 0) is 43.3 Å². The van der Waals surface area contributed by atoms with E-state index in [-0.39, 0.29) is 5.56 Å². The summed E-state index contributed by atoms with van der Waals surface area (Å²) in [5.41, 5.74) is 1.80. The molecule has 4 rings (SSSR count). The van der Waals surface area contributed by atoms with E-state index in [9.17, 15) is 9.59 Å². The molecule has 5 nitrogen and oxygen atoms in total. The maximum Gasteiger partial charge on any atom is 0.340 e. The summed E-state index contributed by atoms with van der Waals surface area (Å²) in [6.45, 7) is 1.86. The number of aromatic nitrogens is 3. The van der Waals surface area contributed by atoms with Gasteiger partial charge < -0.3 is 0 Å². The Balaban J connectivity index is 2.17. The first-order chi connectivity index (χ1) is 12.2. The molecule has 2 aromatic heterocycles. The number of benzene rings is 2. The van der Waals surface area contributed by atoms with Crippen LogP contribution in [0.25, 0.3) is 22.3 Å². The fourth-order valence-corrected chi connectivity index (χ4v) is 2.91. The lowest BCUT2D eigenvalue weighted by atomic mass is 10.2. The first kappa shape index (κ1) is 15.1. The van der Waals surface area contributed by atoms with Crippen molar-refractivity contribution in [1.29, 1.82) is 0 Å². The number of rotatable bonds is 2. The van der Waals surface area contributed by atoms with E-state index >= 15 is 0 Å². The van der Waals surface area contributed by atoms with Crippen molar-refractivity contribution in [3.63, 3.8) is 0 Å². The van der Waals surface area contributed by atoms with E-state index in [0.717, 1.165) is 5.69 Å². The Labute approximate surface area is 143 Å². The second-order valence-electron chi connectivity index (χ2n) is 5.77. The average Bonchev–Trinajstić information content (AvgIpc) is 2.64. The smallest absolute Gasteiger partial charge is 0.268 e. The highest BCUT2D eigenvalue weighted by molar-refractivity contribution is 5.80. The van der Waals surface area contributed by atoms with Crippen molar-refractivity contribution in [2.24, 2.45) is 0 Å². The van der Waals surface area contributed by atoms with E-state index in [1.807, 2.05) is 43.3 Å². The summed E-state index contributed by atoms with van der Waals surface area (Å²) in [4.78, 5) is 30.3. The molecule has 0 aliphatic carbocycles. The molecule has 2 aromatic carbocycles. The van der Waals surface area contributed by atoms with Crippen molar-refractivity contribution >= 4 is 10.9 Å². The topological polar surface area (TPSA) is 56.9 Å². The lowest BCUT2D eigenvalue weighted by Gasteiger charge is -2.14. The van der Waals surface area contributed by atoms with Crippen LogP contribution >= 0.6 is 0 Å². The SMILES string of the molecule is Cc1ccc(-n2c(=O)c3ccccc3n(-c3ccccc3)c2=O)cn1. The van der Waals surface area contributed by atoms with Gasteiger partial charge in [-0.1, -0.05) is 30.3 Å². The van der Waals surface area contributed by atoms with E-state index in [1.54, 1.807) is 41.1 Å². The predicted molar refractivity (Wildman–Crippen MR) is 97.7 cm³/mol. The molecule has 0 fully saturated rings. The number of aryl methyl sites for hydroxylation is 1. The zero-order valence-corrected chi connectivity index (χ0v) is 13.6. The van der Waals surface area contributed by atoms with Gasteiger partial charge in [0.05, 0.1) is 28.5 Å². The lowest BCUT2D eigenvalue weighted by molar-refractivity contribution is 0.830. The molecule has 0 saturated heterocycles. The molecule has 5 heteroatoms. The fourth-order valence-electron chi connectivity index (χ4n) is 2.91. The van der Waals surface area contributed by atoms with Crippen LogP contribution in [0, 0.1) is 6.92 Å². The second-order valence-corrected chi connectivity index (χ2v) is 5.77. The number of hydrogen-bond acceptors (Lipinski definition) is 3. The summed E-state index contributed by atoms with van der Waals surface area (Å²) in [6.07, 6.45) is 1.54. The summed E-state index contributed by atoms with van der Waals surface area (Å²) in [5, 5.41) is 0.478. The molecule has 0 unspecified atom stereocenters. The molecular weight excluding hydrogens is 314 g/mol. The highest BCUT2D eigenvalue weighted by atomic mass is 16.2. The Bertz CT molecular complexity index is 1170. The Hall–Kier alpha value is -3.47. The van der Waals surface area contributed by atoms with Crippen LogP contribution in [0.3, 0.4) is 0 Å². The third-order valence-corrected chi connectivity index (χ3v) is 4.13. The predicted octanol–water partition coefficient (Wildman–Crippen LogP) is 2.85. The minimum absolute atomic E-state index is 0.349. The summed E-state index contributed by atoms with van der Waals surface area (Å²) < 4.78 is 2.72. The minimum atomic E-state index is -0.416. The van der Waals surface area contributed by atoms with Crippen LogP contribution in [0.1, 0.15) is 5.69 Å². The van der Waals surface area contributed by atoms with Gasteiger partial charge in [-0.3, -0.25) is 14.3 Å². The molecule has 0 spiro atoms. The highest BCUT2D eigenvalue weighted by Crippen LogP contribution is 2.14. The van der Waals surface area contributed by atoms with E-state index in [0.29, 0.717) is 22.3 Å². The van der Waals surface area contributed by atoms with Crippen molar-refractivity contribution in [2.45, 2.75) is 6.92 Å². The Morgan fingerprint density at radius 1 is 0.760 bits per heavy atom. The van der Waals surface area contributed by atoms with Crippen LogP contribution in [0.5, 0.6) is 0 Å². The van der Waals surface area contributed by atoms with Gasteiger partial charge in [0.25, 0.3) is 5.56 Å². The highest BCUT2D eigenvalue weighted by Gasteiger charge is 2.15. The largest absolute Gasteiger partial charge is 0.340 e. The summed E-state index contributed by atoms with van der Waals surface area (Å²) in [6, 6.07) is 19.9. The summed E-state index contributed by atoms with van der Waals surface area (Å²) >= 11 is 0. The van der Waals surface area contributed by atoms with Crippen LogP contribution in [0.15, 0.2) is 82.5 Å². The van der Waals surface area contributed by atoms with Gasteiger partial charge in [0.15, 0.2) is 0 Å². The molecule has 0 aliphatic rings. The van der Waals surface area contributed by atoms with Crippen LogP contribution in [0.4, 0.5) is 0 Å². The van der Waals surface area contributed by atoms with Gasteiger partial charge in [-0.15, -0.1) is 0 Å². The van der Waals surface area contributed by atoms with E-state index in [1.165, 1.54) is 4.57 Å². The Morgan fingerprint density at radius 2 is 1.48 bits per heavy atom. The standard InChI is InChI=1S/C20H15N3O2/c1-14-11-12-16(13-21-14)23-19(24)17-9-5-6-10-18(17)22(20(23)25)15-7-3-2-4-8-15/h2-13H,1H3. The van der Waals surface area contributed by atoms with Crippen molar-refractivity contribution in [3.05, 3.63) is 99.5 Å². The maximum atomic E-state index is 13.2. The first-order valence-electron chi connectivity index (χ1n) is 7.92. The van der Waals surface area contributed by atoms with Crippen LogP contribution < -0.4 is 11.2 Å². The first-order valence-corrected chi connectivity index (χ1v) is 7.92. The molecule has 25 heavy (non-hydrogen) atoms. The van der Waals surface area contributed by atoms with Crippen LogP contribution in [0.2, 0.25) is 0 Å². The van der Waals surface area contributed by atoms with Crippen molar-refractivity contribution in [3.8, 4) is 11.4 Å². The van der Waals surface area contributed by atoms with Crippen molar-refractivity contribution in [1.82, 2.24) is 14.1 Å². The van der Waals surface area contributed by atoms with Gasteiger partial charge in [-0.25, -0.2) is 9.36 Å². The number of fused-ring (bicyclic) bond motifs is 1. The fraction of sp³-hybridized carbons (Fsp3) is 0.0500. The average molecular weight is 329 g/mol. The van der Waals surface area contributed by atoms with E-state index in [4.69, 9.17) is 0 Å². The van der Waals surface area contributed by atoms with Crippen LogP contribution in [-0.4, -0.2) is 14.1 Å². The number of pyridine rings is 1. The second kappa shape index (κ2) is 5.87. The molecule has 4 aromatic rings. The van der Waals surface area contributed by atoms with E-state index < -0.39 is 5.69 Å². The summed E-state index contributed by atoms with van der Waals surface area (Å²) in [5.74, 6) is 0. The zero-order chi connectivity index (χ0) is 17.4. The third-order valence-electron chi connectivity index (χ3n) is 4.13. The normalized spacial score (nSPS) is 10.9.